The molecule has 0 aliphatic heterocycles. The number of sulfonamides is 1. The summed E-state index contributed by atoms with van der Waals surface area (Å²) in [5.41, 5.74) is 2.11. The summed E-state index contributed by atoms with van der Waals surface area (Å²) in [5.74, 6) is -0.0661. The maximum Gasteiger partial charge on any atom is 0.264 e. The van der Waals surface area contributed by atoms with E-state index in [0.29, 0.717) is 24.5 Å². The van der Waals surface area contributed by atoms with Crippen LogP contribution in [0, 0.1) is 6.92 Å². The van der Waals surface area contributed by atoms with Crippen LogP contribution in [0.2, 0.25) is 0 Å². The summed E-state index contributed by atoms with van der Waals surface area (Å²) in [6.45, 7) is 5.83. The average molecular weight is 582 g/mol. The van der Waals surface area contributed by atoms with Gasteiger partial charge in [0.15, 0.2) is 11.5 Å². The van der Waals surface area contributed by atoms with Crippen LogP contribution in [-0.2, 0) is 26.2 Å². The number of hydrogen-bond acceptors (Lipinski definition) is 6. The summed E-state index contributed by atoms with van der Waals surface area (Å²) >= 11 is 0. The Morgan fingerprint density at radius 3 is 2.15 bits per heavy atom. The average Bonchev–Trinajstić information content (AvgIpc) is 2.99. The van der Waals surface area contributed by atoms with Crippen molar-refractivity contribution < 1.29 is 27.5 Å². The van der Waals surface area contributed by atoms with Crippen LogP contribution in [0.15, 0.2) is 77.7 Å². The molecular weight excluding hydrogens is 542 g/mol. The molecular formula is C31H39N3O6S. The Labute approximate surface area is 243 Å². The number of ether oxygens (including phenoxy) is 2. The molecule has 0 heterocycles. The molecule has 2 amide bonds. The predicted octanol–water partition coefficient (Wildman–Crippen LogP) is 4.54. The third kappa shape index (κ3) is 7.79. The Hall–Kier alpha value is -4.05. The molecule has 3 aromatic carbocycles. The van der Waals surface area contributed by atoms with Gasteiger partial charge in [-0.25, -0.2) is 8.42 Å². The number of nitrogens with one attached hydrogen (secondary N) is 1. The van der Waals surface area contributed by atoms with Gasteiger partial charge >= 0.3 is 0 Å². The van der Waals surface area contributed by atoms with Crippen molar-refractivity contribution in [2.45, 2.75) is 51.1 Å². The molecule has 0 saturated carbocycles. The number of hydrogen-bond donors (Lipinski definition) is 1. The van der Waals surface area contributed by atoms with Crippen LogP contribution in [0.3, 0.4) is 0 Å². The monoisotopic (exact) mass is 581 g/mol. The van der Waals surface area contributed by atoms with E-state index in [-0.39, 0.29) is 23.0 Å². The molecule has 0 saturated heterocycles. The highest BCUT2D eigenvalue weighted by Crippen LogP contribution is 2.34. The van der Waals surface area contributed by atoms with Gasteiger partial charge in [-0.1, -0.05) is 61.9 Å². The molecule has 0 radical (unpaired) electrons. The van der Waals surface area contributed by atoms with Gasteiger partial charge < -0.3 is 19.7 Å². The Morgan fingerprint density at radius 1 is 0.902 bits per heavy atom. The minimum atomic E-state index is -4.18. The lowest BCUT2D eigenvalue weighted by molar-refractivity contribution is -0.140. The van der Waals surface area contributed by atoms with Gasteiger partial charge in [-0.2, -0.15) is 0 Å². The van der Waals surface area contributed by atoms with Crippen molar-refractivity contribution in [3.8, 4) is 11.5 Å². The smallest absolute Gasteiger partial charge is 0.264 e. The van der Waals surface area contributed by atoms with Crippen molar-refractivity contribution in [1.29, 1.82) is 0 Å². The molecule has 0 aromatic heterocycles. The third-order valence-corrected chi connectivity index (χ3v) is 8.46. The number of carbonyl (C=O) groups is 2. The largest absolute Gasteiger partial charge is 0.493 e. The van der Waals surface area contributed by atoms with E-state index in [9.17, 15) is 18.0 Å². The van der Waals surface area contributed by atoms with Gasteiger partial charge in [0.2, 0.25) is 11.8 Å². The van der Waals surface area contributed by atoms with Gasteiger partial charge in [0.05, 0.1) is 24.8 Å². The van der Waals surface area contributed by atoms with E-state index in [1.54, 1.807) is 30.3 Å². The highest BCUT2D eigenvalue weighted by molar-refractivity contribution is 7.92. The first-order valence-electron chi connectivity index (χ1n) is 13.6. The molecule has 0 fully saturated rings. The SMILES string of the molecule is CCCNC(=O)[C@@H](CC)N(Cc1ccc(C)cc1)C(=O)CN(c1ccc(OC)c(OC)c1)S(=O)(=O)c1ccccc1. The molecule has 0 unspecified atom stereocenters. The van der Waals surface area contributed by atoms with E-state index in [4.69, 9.17) is 9.47 Å². The fourth-order valence-electron chi connectivity index (χ4n) is 4.40. The number of rotatable bonds is 14. The van der Waals surface area contributed by atoms with Gasteiger partial charge in [0.25, 0.3) is 10.0 Å². The standard InChI is InChI=1S/C31H39N3O6S/c1-6-19-32-31(36)27(7-2)33(21-24-15-13-23(3)14-16-24)30(35)22-34(41(37,38)26-11-9-8-10-12-26)25-17-18-28(39-4)29(20-25)40-5/h8-18,20,27H,6-7,19,21-22H2,1-5H3,(H,32,36)/t27-/m1/s1. The quantitative estimate of drug-likeness (QED) is 0.300. The summed E-state index contributed by atoms with van der Waals surface area (Å²) < 4.78 is 39.7. The van der Waals surface area contributed by atoms with E-state index in [1.807, 2.05) is 45.0 Å². The van der Waals surface area contributed by atoms with Gasteiger partial charge in [-0.05, 0) is 49.6 Å². The fourth-order valence-corrected chi connectivity index (χ4v) is 5.83. The second-order valence-electron chi connectivity index (χ2n) is 9.59. The van der Waals surface area contributed by atoms with Crippen LogP contribution in [0.4, 0.5) is 5.69 Å². The third-order valence-electron chi connectivity index (χ3n) is 6.67. The zero-order chi connectivity index (χ0) is 30.0. The normalized spacial score (nSPS) is 11.8. The number of anilines is 1. The zero-order valence-electron chi connectivity index (χ0n) is 24.3. The Balaban J connectivity index is 2.09. The topological polar surface area (TPSA) is 105 Å². The summed E-state index contributed by atoms with van der Waals surface area (Å²) in [7, 11) is -1.25. The van der Waals surface area contributed by atoms with Crippen LogP contribution in [0.1, 0.15) is 37.8 Å². The summed E-state index contributed by atoms with van der Waals surface area (Å²) in [6.07, 6.45) is 1.10. The molecule has 0 spiro atoms. The first-order valence-corrected chi connectivity index (χ1v) is 15.0. The van der Waals surface area contributed by atoms with Crippen molar-refractivity contribution in [2.24, 2.45) is 0 Å². The Bertz CT molecular complexity index is 1410. The van der Waals surface area contributed by atoms with E-state index >= 15 is 0 Å². The number of methoxy groups -OCH3 is 2. The molecule has 10 heteroatoms. The number of carbonyl (C=O) groups excluding carboxylic acids is 2. The van der Waals surface area contributed by atoms with E-state index in [0.717, 1.165) is 21.9 Å². The van der Waals surface area contributed by atoms with E-state index in [2.05, 4.69) is 5.32 Å². The number of nitrogens with zero attached hydrogens (tertiary/aromatic N) is 2. The van der Waals surface area contributed by atoms with Crippen LogP contribution >= 0.6 is 0 Å². The fraction of sp³-hybridized carbons (Fsp3) is 0.355. The number of benzene rings is 3. The van der Waals surface area contributed by atoms with Gasteiger partial charge in [0, 0.05) is 19.2 Å². The van der Waals surface area contributed by atoms with Crippen molar-refractivity contribution in [3.05, 3.63) is 83.9 Å². The molecule has 3 aromatic rings. The number of amides is 2. The maximum absolute atomic E-state index is 14.1. The maximum atomic E-state index is 14.1. The molecule has 9 nitrogen and oxygen atoms in total. The molecule has 41 heavy (non-hydrogen) atoms. The summed E-state index contributed by atoms with van der Waals surface area (Å²) in [4.78, 5) is 28.8. The second kappa shape index (κ2) is 14.5. The molecule has 0 aliphatic carbocycles. The van der Waals surface area contributed by atoms with Crippen LogP contribution in [0.5, 0.6) is 11.5 Å². The zero-order valence-corrected chi connectivity index (χ0v) is 25.1. The van der Waals surface area contributed by atoms with Crippen LogP contribution in [0.25, 0.3) is 0 Å². The lowest BCUT2D eigenvalue weighted by Crippen LogP contribution is -2.52. The minimum absolute atomic E-state index is 0.0281. The second-order valence-corrected chi connectivity index (χ2v) is 11.4. The lowest BCUT2D eigenvalue weighted by atomic mass is 10.1. The van der Waals surface area contributed by atoms with Gasteiger partial charge in [-0.15, -0.1) is 0 Å². The van der Waals surface area contributed by atoms with Crippen molar-refractivity contribution in [1.82, 2.24) is 10.2 Å². The molecule has 0 bridgehead atoms. The van der Waals surface area contributed by atoms with E-state index in [1.165, 1.54) is 37.3 Å². The molecule has 0 aliphatic rings. The lowest BCUT2D eigenvalue weighted by Gasteiger charge is -2.33. The first kappa shape index (κ1) is 31.5. The minimum Gasteiger partial charge on any atom is -0.493 e. The van der Waals surface area contributed by atoms with Gasteiger partial charge in [0.1, 0.15) is 12.6 Å². The van der Waals surface area contributed by atoms with E-state index < -0.39 is 28.5 Å². The van der Waals surface area contributed by atoms with Gasteiger partial charge in [-0.3, -0.25) is 13.9 Å². The highest BCUT2D eigenvalue weighted by atomic mass is 32.2. The number of aryl methyl sites for hydroxylation is 1. The Morgan fingerprint density at radius 2 is 1.56 bits per heavy atom. The van der Waals surface area contributed by atoms with Crippen LogP contribution < -0.4 is 19.1 Å². The summed E-state index contributed by atoms with van der Waals surface area (Å²) in [6, 6.07) is 19.5. The first-order chi connectivity index (χ1) is 19.7. The predicted molar refractivity (Wildman–Crippen MR) is 160 cm³/mol. The van der Waals surface area contributed by atoms with Crippen LogP contribution in [-0.4, -0.2) is 58.5 Å². The molecule has 1 atom stereocenters. The molecule has 220 valence electrons. The van der Waals surface area contributed by atoms with Crippen molar-refractivity contribution >= 4 is 27.5 Å². The molecule has 1 N–H and O–H groups in total. The summed E-state index contributed by atoms with van der Waals surface area (Å²) in [5, 5.41) is 2.89. The highest BCUT2D eigenvalue weighted by Gasteiger charge is 2.34. The van der Waals surface area contributed by atoms with Crippen molar-refractivity contribution in [3.63, 3.8) is 0 Å². The molecule has 3 rings (SSSR count). The van der Waals surface area contributed by atoms with Crippen molar-refractivity contribution in [2.75, 3.05) is 31.6 Å². The Kier molecular flexibility index (Phi) is 11.2.